The number of rotatable bonds is 4. The summed E-state index contributed by atoms with van der Waals surface area (Å²) in [5, 5.41) is 13.2. The average Bonchev–Trinajstić information content (AvgIpc) is 2.34. The molecule has 0 aromatic heterocycles. The molecule has 0 aliphatic heterocycles. The summed E-state index contributed by atoms with van der Waals surface area (Å²) in [5.41, 5.74) is 1.08. The van der Waals surface area contributed by atoms with Crippen molar-refractivity contribution in [3.05, 3.63) is 35.6 Å². The zero-order valence-electron chi connectivity index (χ0n) is 10.0. The Morgan fingerprint density at radius 1 is 1.18 bits per heavy atom. The molecule has 2 nitrogen and oxygen atoms in total. The van der Waals surface area contributed by atoms with Crippen molar-refractivity contribution in [3.63, 3.8) is 0 Å². The van der Waals surface area contributed by atoms with Gasteiger partial charge in [-0.05, 0) is 36.5 Å². The minimum absolute atomic E-state index is 0.149. The largest absolute Gasteiger partial charge is 0.393 e. The monoisotopic (exact) mass is 237 g/mol. The normalized spacial score (nSPS) is 24.8. The summed E-state index contributed by atoms with van der Waals surface area (Å²) in [6, 6.07) is 6.54. The van der Waals surface area contributed by atoms with E-state index in [4.69, 9.17) is 0 Å². The highest BCUT2D eigenvalue weighted by Gasteiger charge is 2.22. The number of aliphatic hydroxyl groups excluding tert-OH is 1. The van der Waals surface area contributed by atoms with Crippen LogP contribution in [-0.2, 0) is 6.54 Å². The van der Waals surface area contributed by atoms with Gasteiger partial charge in [0.1, 0.15) is 5.82 Å². The first kappa shape index (κ1) is 12.5. The Kier molecular flexibility index (Phi) is 4.51. The Labute approximate surface area is 102 Å². The molecule has 94 valence electrons. The van der Waals surface area contributed by atoms with Gasteiger partial charge in [-0.25, -0.2) is 4.39 Å². The standard InChI is InChI=1S/C14H20FNO/c15-13-7-5-11(6-8-13)9-16-10-12-3-1-2-4-14(12)17/h5-8,12,14,16-17H,1-4,9-10H2. The first-order chi connectivity index (χ1) is 8.25. The van der Waals surface area contributed by atoms with Gasteiger partial charge in [0.05, 0.1) is 6.10 Å². The molecule has 2 atom stereocenters. The van der Waals surface area contributed by atoms with Crippen LogP contribution in [-0.4, -0.2) is 17.8 Å². The van der Waals surface area contributed by atoms with Gasteiger partial charge in [-0.1, -0.05) is 25.0 Å². The van der Waals surface area contributed by atoms with Crippen LogP contribution in [0.1, 0.15) is 31.2 Å². The molecule has 1 saturated carbocycles. The van der Waals surface area contributed by atoms with Crippen LogP contribution in [0.5, 0.6) is 0 Å². The maximum atomic E-state index is 12.7. The van der Waals surface area contributed by atoms with Crippen molar-refractivity contribution >= 4 is 0 Å². The minimum atomic E-state index is -0.198. The molecule has 1 aliphatic carbocycles. The predicted molar refractivity (Wildman–Crippen MR) is 66.1 cm³/mol. The fourth-order valence-electron chi connectivity index (χ4n) is 2.43. The van der Waals surface area contributed by atoms with Crippen LogP contribution in [0.3, 0.4) is 0 Å². The molecule has 17 heavy (non-hydrogen) atoms. The molecular formula is C14H20FNO. The van der Waals surface area contributed by atoms with Gasteiger partial charge in [0.25, 0.3) is 0 Å². The molecule has 1 aromatic carbocycles. The second-order valence-electron chi connectivity index (χ2n) is 4.87. The highest BCUT2D eigenvalue weighted by Crippen LogP contribution is 2.23. The van der Waals surface area contributed by atoms with Crippen molar-refractivity contribution in [2.45, 2.75) is 38.3 Å². The summed E-state index contributed by atoms with van der Waals surface area (Å²) in [7, 11) is 0. The molecule has 1 aliphatic rings. The van der Waals surface area contributed by atoms with Crippen LogP contribution in [0.25, 0.3) is 0 Å². The van der Waals surface area contributed by atoms with Crippen LogP contribution in [0.2, 0.25) is 0 Å². The molecule has 2 N–H and O–H groups in total. The molecule has 2 unspecified atom stereocenters. The smallest absolute Gasteiger partial charge is 0.123 e. The average molecular weight is 237 g/mol. The highest BCUT2D eigenvalue weighted by atomic mass is 19.1. The van der Waals surface area contributed by atoms with E-state index in [-0.39, 0.29) is 11.9 Å². The van der Waals surface area contributed by atoms with E-state index >= 15 is 0 Å². The summed E-state index contributed by atoms with van der Waals surface area (Å²) in [6.07, 6.45) is 4.26. The van der Waals surface area contributed by atoms with Gasteiger partial charge < -0.3 is 10.4 Å². The Balaban J connectivity index is 1.73. The highest BCUT2D eigenvalue weighted by molar-refractivity contribution is 5.15. The first-order valence-corrected chi connectivity index (χ1v) is 6.39. The lowest BCUT2D eigenvalue weighted by atomic mass is 9.86. The maximum absolute atomic E-state index is 12.7. The van der Waals surface area contributed by atoms with Crippen molar-refractivity contribution in [2.24, 2.45) is 5.92 Å². The Morgan fingerprint density at radius 2 is 1.88 bits per heavy atom. The first-order valence-electron chi connectivity index (χ1n) is 6.39. The molecule has 0 bridgehead atoms. The molecule has 0 amide bonds. The Morgan fingerprint density at radius 3 is 2.59 bits per heavy atom. The minimum Gasteiger partial charge on any atom is -0.393 e. The van der Waals surface area contributed by atoms with Gasteiger partial charge in [0.2, 0.25) is 0 Å². The van der Waals surface area contributed by atoms with E-state index in [1.165, 1.54) is 18.6 Å². The lowest BCUT2D eigenvalue weighted by molar-refractivity contribution is 0.0695. The zero-order chi connectivity index (χ0) is 12.1. The van der Waals surface area contributed by atoms with E-state index in [0.29, 0.717) is 5.92 Å². The van der Waals surface area contributed by atoms with E-state index in [0.717, 1.165) is 37.9 Å². The topological polar surface area (TPSA) is 32.3 Å². The maximum Gasteiger partial charge on any atom is 0.123 e. The summed E-state index contributed by atoms with van der Waals surface area (Å²) < 4.78 is 12.7. The summed E-state index contributed by atoms with van der Waals surface area (Å²) in [6.45, 7) is 1.59. The SMILES string of the molecule is OC1CCCCC1CNCc1ccc(F)cc1. The number of benzene rings is 1. The molecule has 1 aromatic rings. The van der Waals surface area contributed by atoms with Crippen LogP contribution in [0.4, 0.5) is 4.39 Å². The molecule has 0 radical (unpaired) electrons. The Bertz CT molecular complexity index is 339. The number of nitrogens with one attached hydrogen (secondary N) is 1. The van der Waals surface area contributed by atoms with Gasteiger partial charge >= 0.3 is 0 Å². The second kappa shape index (κ2) is 6.12. The van der Waals surface area contributed by atoms with E-state index in [2.05, 4.69) is 5.32 Å². The fourth-order valence-corrected chi connectivity index (χ4v) is 2.43. The van der Waals surface area contributed by atoms with Crippen molar-refractivity contribution in [2.75, 3.05) is 6.54 Å². The number of hydrogen-bond acceptors (Lipinski definition) is 2. The third kappa shape index (κ3) is 3.79. The van der Waals surface area contributed by atoms with Gasteiger partial charge in [0, 0.05) is 13.1 Å². The quantitative estimate of drug-likeness (QED) is 0.843. The summed E-state index contributed by atoms with van der Waals surface area (Å²) in [4.78, 5) is 0. The summed E-state index contributed by atoms with van der Waals surface area (Å²) >= 11 is 0. The number of aliphatic hydroxyl groups is 1. The fraction of sp³-hybridized carbons (Fsp3) is 0.571. The molecular weight excluding hydrogens is 217 g/mol. The van der Waals surface area contributed by atoms with Gasteiger partial charge in [0.15, 0.2) is 0 Å². The molecule has 2 rings (SSSR count). The molecule has 1 fully saturated rings. The van der Waals surface area contributed by atoms with Crippen LogP contribution in [0, 0.1) is 11.7 Å². The lowest BCUT2D eigenvalue weighted by Gasteiger charge is -2.27. The second-order valence-corrected chi connectivity index (χ2v) is 4.87. The summed E-state index contributed by atoms with van der Waals surface area (Å²) in [5.74, 6) is 0.181. The third-order valence-electron chi connectivity index (χ3n) is 3.52. The van der Waals surface area contributed by atoms with E-state index in [9.17, 15) is 9.50 Å². The lowest BCUT2D eigenvalue weighted by Crippen LogP contribution is -2.33. The Hall–Kier alpha value is -0.930. The zero-order valence-corrected chi connectivity index (χ0v) is 10.0. The van der Waals surface area contributed by atoms with E-state index in [1.54, 1.807) is 12.1 Å². The van der Waals surface area contributed by atoms with E-state index in [1.807, 2.05) is 0 Å². The molecule has 0 heterocycles. The van der Waals surface area contributed by atoms with Crippen LogP contribution < -0.4 is 5.32 Å². The van der Waals surface area contributed by atoms with Crippen molar-refractivity contribution < 1.29 is 9.50 Å². The molecule has 3 heteroatoms. The van der Waals surface area contributed by atoms with Crippen molar-refractivity contribution in [1.82, 2.24) is 5.32 Å². The van der Waals surface area contributed by atoms with Crippen LogP contribution in [0.15, 0.2) is 24.3 Å². The molecule has 0 saturated heterocycles. The number of halogens is 1. The number of hydrogen-bond donors (Lipinski definition) is 2. The van der Waals surface area contributed by atoms with Gasteiger partial charge in [-0.2, -0.15) is 0 Å². The van der Waals surface area contributed by atoms with Crippen molar-refractivity contribution in [1.29, 1.82) is 0 Å². The van der Waals surface area contributed by atoms with Crippen molar-refractivity contribution in [3.8, 4) is 0 Å². The molecule has 0 spiro atoms. The van der Waals surface area contributed by atoms with E-state index < -0.39 is 0 Å². The van der Waals surface area contributed by atoms with Crippen LogP contribution >= 0.6 is 0 Å². The predicted octanol–water partition coefficient (Wildman–Crippen LogP) is 2.47. The van der Waals surface area contributed by atoms with Gasteiger partial charge in [-0.15, -0.1) is 0 Å². The van der Waals surface area contributed by atoms with Gasteiger partial charge in [-0.3, -0.25) is 0 Å². The third-order valence-corrected chi connectivity index (χ3v) is 3.52.